The van der Waals surface area contributed by atoms with E-state index in [1.165, 1.54) is 6.07 Å². The number of benzene rings is 1. The second kappa shape index (κ2) is 6.54. The first-order valence-corrected chi connectivity index (χ1v) is 7.66. The van der Waals surface area contributed by atoms with Gasteiger partial charge in [-0.05, 0) is 18.2 Å². The van der Waals surface area contributed by atoms with Crippen molar-refractivity contribution in [2.45, 2.75) is 12.5 Å². The summed E-state index contributed by atoms with van der Waals surface area (Å²) in [6.45, 7) is 0.924. The van der Waals surface area contributed by atoms with Crippen molar-refractivity contribution in [1.82, 2.24) is 5.32 Å². The van der Waals surface area contributed by atoms with Gasteiger partial charge in [-0.1, -0.05) is 15.9 Å². The number of thioether (sulfide) groups is 1. The van der Waals surface area contributed by atoms with Gasteiger partial charge in [0.15, 0.2) is 0 Å². The summed E-state index contributed by atoms with van der Waals surface area (Å²) in [7, 11) is 0. The molecule has 1 aliphatic rings. The molecule has 1 atom stereocenters. The van der Waals surface area contributed by atoms with Gasteiger partial charge in [0.1, 0.15) is 5.82 Å². The number of halogens is 2. The van der Waals surface area contributed by atoms with Crippen LogP contribution in [0, 0.1) is 5.82 Å². The van der Waals surface area contributed by atoms with E-state index in [1.54, 1.807) is 12.1 Å². The molecule has 1 fully saturated rings. The predicted octanol–water partition coefficient (Wildman–Crippen LogP) is 2.62. The van der Waals surface area contributed by atoms with E-state index in [2.05, 4.69) is 26.6 Å². The summed E-state index contributed by atoms with van der Waals surface area (Å²) in [6, 6.07) is 4.67. The third-order valence-corrected chi connectivity index (χ3v) is 4.26. The number of carbonyl (C=O) groups excluding carboxylic acids is 1. The van der Waals surface area contributed by atoms with Crippen molar-refractivity contribution in [1.29, 1.82) is 0 Å². The molecule has 0 bridgehead atoms. The first-order valence-electron chi connectivity index (χ1n) is 5.71. The van der Waals surface area contributed by atoms with Crippen LogP contribution in [0.1, 0.15) is 6.42 Å². The zero-order valence-electron chi connectivity index (χ0n) is 9.71. The lowest BCUT2D eigenvalue weighted by Gasteiger charge is -2.22. The number of amides is 1. The number of carbonyl (C=O) groups is 1. The molecule has 1 saturated heterocycles. The Morgan fingerprint density at radius 2 is 2.44 bits per heavy atom. The van der Waals surface area contributed by atoms with Crippen molar-refractivity contribution in [3.05, 3.63) is 28.5 Å². The molecule has 6 heteroatoms. The number of hydrogen-bond donors (Lipinski definition) is 2. The highest BCUT2D eigenvalue weighted by atomic mass is 79.9. The van der Waals surface area contributed by atoms with E-state index >= 15 is 0 Å². The summed E-state index contributed by atoms with van der Waals surface area (Å²) in [6.07, 6.45) is 0.374. The van der Waals surface area contributed by atoms with Gasteiger partial charge in [0, 0.05) is 35.0 Å². The Morgan fingerprint density at radius 1 is 1.61 bits per heavy atom. The van der Waals surface area contributed by atoms with Crippen molar-refractivity contribution in [2.24, 2.45) is 0 Å². The molecule has 1 unspecified atom stereocenters. The van der Waals surface area contributed by atoms with E-state index in [1.807, 2.05) is 11.8 Å². The monoisotopic (exact) mass is 332 g/mol. The van der Waals surface area contributed by atoms with Crippen LogP contribution in [0.2, 0.25) is 0 Å². The highest BCUT2D eigenvalue weighted by Gasteiger charge is 2.17. The first-order chi connectivity index (χ1) is 8.65. The lowest BCUT2D eigenvalue weighted by atomic mass is 10.2. The first kappa shape index (κ1) is 13.8. The van der Waals surface area contributed by atoms with Gasteiger partial charge in [0.2, 0.25) is 5.91 Å². The number of nitrogens with one attached hydrogen (secondary N) is 2. The molecule has 0 aliphatic carbocycles. The number of rotatable bonds is 3. The molecular formula is C12H14BrFN2OS. The van der Waals surface area contributed by atoms with Crippen LogP contribution in [0.15, 0.2) is 22.7 Å². The Kier molecular flexibility index (Phi) is 5.03. The standard InChI is InChI=1S/C12H14BrFN2OS/c13-8-1-2-10(14)11(5-8)16-12(17)6-9-7-18-4-3-15-9/h1-2,5,9,15H,3-4,6-7H2,(H,16,17). The minimum atomic E-state index is -0.419. The molecule has 18 heavy (non-hydrogen) atoms. The molecule has 0 aromatic heterocycles. The molecule has 1 amide bonds. The molecule has 0 saturated carbocycles. The Morgan fingerprint density at radius 3 is 3.17 bits per heavy atom. The summed E-state index contributed by atoms with van der Waals surface area (Å²) in [5.74, 6) is 1.43. The summed E-state index contributed by atoms with van der Waals surface area (Å²) in [4.78, 5) is 11.8. The lowest BCUT2D eigenvalue weighted by Crippen LogP contribution is -2.39. The highest BCUT2D eigenvalue weighted by molar-refractivity contribution is 9.10. The Labute approximate surface area is 118 Å². The van der Waals surface area contributed by atoms with E-state index in [9.17, 15) is 9.18 Å². The molecule has 0 spiro atoms. The smallest absolute Gasteiger partial charge is 0.226 e. The van der Waals surface area contributed by atoms with E-state index in [-0.39, 0.29) is 17.6 Å². The Bertz CT molecular complexity index is 438. The molecule has 2 N–H and O–H groups in total. The molecule has 3 nitrogen and oxygen atoms in total. The topological polar surface area (TPSA) is 41.1 Å². The molecule has 1 aliphatic heterocycles. The maximum atomic E-state index is 13.5. The Hall–Kier alpha value is -0.590. The zero-order chi connectivity index (χ0) is 13.0. The van der Waals surface area contributed by atoms with Crippen LogP contribution in [-0.4, -0.2) is 30.0 Å². The minimum Gasteiger partial charge on any atom is -0.324 e. The molecule has 1 heterocycles. The maximum Gasteiger partial charge on any atom is 0.226 e. The van der Waals surface area contributed by atoms with Gasteiger partial charge in [-0.25, -0.2) is 4.39 Å². The number of hydrogen-bond acceptors (Lipinski definition) is 3. The fourth-order valence-corrected chi connectivity index (χ4v) is 3.08. The van der Waals surface area contributed by atoms with Gasteiger partial charge in [-0.3, -0.25) is 4.79 Å². The third kappa shape index (κ3) is 3.96. The van der Waals surface area contributed by atoms with Gasteiger partial charge in [0.05, 0.1) is 5.69 Å². The van der Waals surface area contributed by atoms with E-state index in [0.717, 1.165) is 22.5 Å². The molecule has 98 valence electrons. The minimum absolute atomic E-state index is 0.160. The average Bonchev–Trinajstić information content (AvgIpc) is 2.35. The molecular weight excluding hydrogens is 319 g/mol. The van der Waals surface area contributed by atoms with Gasteiger partial charge < -0.3 is 10.6 Å². The Balaban J connectivity index is 1.92. The fraction of sp³-hybridized carbons (Fsp3) is 0.417. The summed E-state index contributed by atoms with van der Waals surface area (Å²) in [5.41, 5.74) is 0.220. The van der Waals surface area contributed by atoms with Crippen LogP contribution in [0.4, 0.5) is 10.1 Å². The van der Waals surface area contributed by atoms with Gasteiger partial charge in [0.25, 0.3) is 0 Å². The SMILES string of the molecule is O=C(CC1CSCCN1)Nc1cc(Br)ccc1F. The summed E-state index contributed by atoms with van der Waals surface area (Å²) >= 11 is 5.08. The van der Waals surface area contributed by atoms with Crippen LogP contribution in [0.5, 0.6) is 0 Å². The van der Waals surface area contributed by atoms with Crippen molar-refractivity contribution >= 4 is 39.3 Å². The summed E-state index contributed by atoms with van der Waals surface area (Å²) in [5, 5.41) is 5.88. The van der Waals surface area contributed by atoms with Crippen molar-refractivity contribution in [3.8, 4) is 0 Å². The average molecular weight is 333 g/mol. The van der Waals surface area contributed by atoms with Crippen LogP contribution in [0.25, 0.3) is 0 Å². The second-order valence-electron chi connectivity index (χ2n) is 4.10. The van der Waals surface area contributed by atoms with E-state index in [4.69, 9.17) is 0 Å². The van der Waals surface area contributed by atoms with Crippen LogP contribution in [-0.2, 0) is 4.79 Å². The van der Waals surface area contributed by atoms with Crippen LogP contribution in [0.3, 0.4) is 0 Å². The van der Waals surface area contributed by atoms with Gasteiger partial charge in [-0.2, -0.15) is 11.8 Å². The normalized spacial score (nSPS) is 19.6. The van der Waals surface area contributed by atoms with Gasteiger partial charge >= 0.3 is 0 Å². The van der Waals surface area contributed by atoms with Crippen molar-refractivity contribution < 1.29 is 9.18 Å². The molecule has 2 rings (SSSR count). The van der Waals surface area contributed by atoms with Crippen molar-refractivity contribution in [2.75, 3.05) is 23.4 Å². The largest absolute Gasteiger partial charge is 0.324 e. The predicted molar refractivity (Wildman–Crippen MR) is 76.5 cm³/mol. The molecule has 1 aromatic carbocycles. The van der Waals surface area contributed by atoms with Crippen LogP contribution >= 0.6 is 27.7 Å². The second-order valence-corrected chi connectivity index (χ2v) is 6.17. The highest BCUT2D eigenvalue weighted by Crippen LogP contribution is 2.20. The molecule has 0 radical (unpaired) electrons. The van der Waals surface area contributed by atoms with Gasteiger partial charge in [-0.15, -0.1) is 0 Å². The zero-order valence-corrected chi connectivity index (χ0v) is 12.1. The molecule has 1 aromatic rings. The quantitative estimate of drug-likeness (QED) is 0.894. The summed E-state index contributed by atoms with van der Waals surface area (Å²) < 4.78 is 14.2. The van der Waals surface area contributed by atoms with Crippen LogP contribution < -0.4 is 10.6 Å². The van der Waals surface area contributed by atoms with E-state index < -0.39 is 5.82 Å². The maximum absolute atomic E-state index is 13.5. The number of anilines is 1. The fourth-order valence-electron chi connectivity index (χ4n) is 1.77. The van der Waals surface area contributed by atoms with E-state index in [0.29, 0.717) is 6.42 Å². The lowest BCUT2D eigenvalue weighted by molar-refractivity contribution is -0.116. The van der Waals surface area contributed by atoms with Crippen molar-refractivity contribution in [3.63, 3.8) is 0 Å². The third-order valence-electron chi connectivity index (χ3n) is 2.63.